The maximum atomic E-state index is 13.8. The summed E-state index contributed by atoms with van der Waals surface area (Å²) in [6, 6.07) is 9.22. The molecule has 2 aromatic heterocycles. The average molecular weight is 601 g/mol. The molecule has 0 saturated carbocycles. The van der Waals surface area contributed by atoms with E-state index in [1.54, 1.807) is 6.20 Å². The number of hydrogen-bond donors (Lipinski definition) is 3. The average Bonchev–Trinajstić information content (AvgIpc) is 3.36. The number of aliphatic hydroxyl groups is 1. The zero-order chi connectivity index (χ0) is 27.6. The summed E-state index contributed by atoms with van der Waals surface area (Å²) in [5.41, 5.74) is 1.08. The number of ether oxygens (including phenoxy) is 1. The van der Waals surface area contributed by atoms with Crippen molar-refractivity contribution in [2.24, 2.45) is 0 Å². The first kappa shape index (κ1) is 28.4. The molecule has 0 radical (unpaired) electrons. The van der Waals surface area contributed by atoms with Gasteiger partial charge in [-0.15, -0.1) is 0 Å². The predicted octanol–water partition coefficient (Wildman–Crippen LogP) is 5.15. The second-order valence-corrected chi connectivity index (χ2v) is 14.5. The van der Waals surface area contributed by atoms with Crippen LogP contribution in [0.5, 0.6) is 5.75 Å². The van der Waals surface area contributed by atoms with E-state index in [9.17, 15) is 18.7 Å². The van der Waals surface area contributed by atoms with Crippen molar-refractivity contribution in [1.29, 1.82) is 0 Å². The number of aliphatic hydroxyl groups excluding tert-OH is 1. The Balaban J connectivity index is 1.33. The van der Waals surface area contributed by atoms with Gasteiger partial charge in [-0.05, 0) is 12.1 Å². The Labute approximate surface area is 229 Å². The molecule has 1 amide bonds. The van der Waals surface area contributed by atoms with Gasteiger partial charge in [0.05, 0.1) is 5.69 Å². The Bertz CT molecular complexity index is 1400. The van der Waals surface area contributed by atoms with Gasteiger partial charge < -0.3 is 5.32 Å². The summed E-state index contributed by atoms with van der Waals surface area (Å²) in [5, 5.41) is 23.1. The molecule has 0 fully saturated rings. The fourth-order valence-corrected chi connectivity index (χ4v) is 8.62. The molecule has 0 bridgehead atoms. The fraction of sp³-hybridized carbons (Fsp3) is 0.333. The van der Waals surface area contributed by atoms with E-state index in [0.717, 1.165) is 28.8 Å². The van der Waals surface area contributed by atoms with E-state index in [0.29, 0.717) is 23.6 Å². The quantitative estimate of drug-likeness (QED) is 0.136. The second kappa shape index (κ2) is 14.0. The maximum absolute atomic E-state index is 13.8. The Morgan fingerprint density at radius 1 is 1.15 bits per heavy atom. The monoisotopic (exact) mass is 600 g/mol. The molecule has 1 unspecified atom stereocenters. The summed E-state index contributed by atoms with van der Waals surface area (Å²) in [5.74, 6) is -1.40. The zero-order valence-corrected chi connectivity index (χ0v) is 23.5. The van der Waals surface area contributed by atoms with Crippen LogP contribution in [0.3, 0.4) is 0 Å². The Kier molecular flexibility index (Phi) is 10.2. The molecule has 4 rings (SSSR count). The van der Waals surface area contributed by atoms with Crippen LogP contribution in [0.4, 0.5) is 26.0 Å². The van der Waals surface area contributed by atoms with E-state index < -0.39 is 32.2 Å². The van der Waals surface area contributed by atoms with Crippen LogP contribution in [-0.4, -0.2) is 58.6 Å². The van der Waals surface area contributed by atoms with Gasteiger partial charge in [0.2, 0.25) is 5.91 Å². The van der Waals surface area contributed by atoms with Gasteiger partial charge in [0.1, 0.15) is 6.54 Å². The van der Waals surface area contributed by atoms with Gasteiger partial charge in [0.25, 0.3) is 0 Å². The van der Waals surface area contributed by atoms with Crippen molar-refractivity contribution < 1.29 is 23.4 Å². The molecule has 206 valence electrons. The molecule has 0 spiro atoms. The molecule has 3 N–H and O–H groups in total. The standard InChI is InChI=1S/C27H31AsF2N6O3/c1-2-9-28(11-12-37)10-4-13-39-20-7-8-21-24(14-20)31-18-32-27(21)34-19-15-33-36(16-19)17-25(38)35-23-6-3-5-22(29)26(23)30/h3,5-8,14-16,18,37H,2,4,9-13,17H2,1H3,(H,35,38)(H,31,32,34). The first-order valence-corrected chi connectivity index (χ1v) is 16.7. The second-order valence-electron chi connectivity index (χ2n) is 8.87. The summed E-state index contributed by atoms with van der Waals surface area (Å²) < 4.78 is 34.5. The minimum absolute atomic E-state index is 0.190. The number of carbonyl (C=O) groups excluding carboxylic acids is 1. The molecule has 1 atom stereocenters. The summed E-state index contributed by atoms with van der Waals surface area (Å²) in [6.45, 7) is 2.92. The minimum atomic E-state index is -1.11. The van der Waals surface area contributed by atoms with Gasteiger partial charge in [-0.2, -0.15) is 5.10 Å². The van der Waals surface area contributed by atoms with E-state index in [-0.39, 0.29) is 18.8 Å². The number of nitrogens with one attached hydrogen (secondary N) is 2. The first-order chi connectivity index (χ1) is 19.0. The Morgan fingerprint density at radius 3 is 2.85 bits per heavy atom. The number of carbonyl (C=O) groups is 1. The molecule has 2 heterocycles. The number of aromatic nitrogens is 4. The summed E-state index contributed by atoms with van der Waals surface area (Å²) in [4.78, 5) is 21.0. The van der Waals surface area contributed by atoms with Crippen molar-refractivity contribution in [2.75, 3.05) is 23.8 Å². The molecular formula is C27H31AsF2N6O3. The molecule has 0 aliphatic heterocycles. The molecular weight excluding hydrogens is 569 g/mol. The fourth-order valence-electron chi connectivity index (χ4n) is 4.09. The van der Waals surface area contributed by atoms with Crippen LogP contribution in [0.15, 0.2) is 55.1 Å². The summed E-state index contributed by atoms with van der Waals surface area (Å²) in [6.07, 6.45) is 6.76. The third-order valence-corrected chi connectivity index (χ3v) is 11.9. The van der Waals surface area contributed by atoms with Crippen LogP contribution < -0.4 is 15.4 Å². The molecule has 0 saturated heterocycles. The van der Waals surface area contributed by atoms with Crippen molar-refractivity contribution in [3.05, 3.63) is 66.8 Å². The van der Waals surface area contributed by atoms with Crippen LogP contribution in [-0.2, 0) is 11.3 Å². The van der Waals surface area contributed by atoms with Crippen molar-refractivity contribution in [3.63, 3.8) is 0 Å². The van der Waals surface area contributed by atoms with E-state index in [2.05, 4.69) is 32.6 Å². The van der Waals surface area contributed by atoms with E-state index in [1.807, 2.05) is 18.2 Å². The van der Waals surface area contributed by atoms with Gasteiger partial charge in [0, 0.05) is 0 Å². The van der Waals surface area contributed by atoms with Gasteiger partial charge >= 0.3 is 153 Å². The van der Waals surface area contributed by atoms with Crippen LogP contribution >= 0.6 is 0 Å². The number of amides is 1. The summed E-state index contributed by atoms with van der Waals surface area (Å²) in [7, 11) is 0. The molecule has 2 aromatic carbocycles. The number of nitrogens with zero attached hydrogens (tertiary/aromatic N) is 4. The van der Waals surface area contributed by atoms with Crippen LogP contribution in [0.25, 0.3) is 10.9 Å². The Morgan fingerprint density at radius 2 is 2.03 bits per heavy atom. The van der Waals surface area contributed by atoms with Gasteiger partial charge in [-0.1, -0.05) is 6.07 Å². The Hall–Kier alpha value is -3.56. The van der Waals surface area contributed by atoms with Crippen LogP contribution in [0.1, 0.15) is 19.8 Å². The zero-order valence-electron chi connectivity index (χ0n) is 21.6. The van der Waals surface area contributed by atoms with Gasteiger partial charge in [-0.3, -0.25) is 9.48 Å². The van der Waals surface area contributed by atoms with Crippen LogP contribution in [0, 0.1) is 11.6 Å². The number of fused-ring (bicyclic) bond motifs is 1. The molecule has 0 aliphatic carbocycles. The van der Waals surface area contributed by atoms with E-state index >= 15 is 0 Å². The van der Waals surface area contributed by atoms with Crippen molar-refractivity contribution in [2.45, 2.75) is 41.9 Å². The number of rotatable bonds is 14. The predicted molar refractivity (Wildman–Crippen MR) is 148 cm³/mol. The molecule has 0 aliphatic rings. The van der Waals surface area contributed by atoms with E-state index in [4.69, 9.17) is 4.74 Å². The normalized spacial score (nSPS) is 11.9. The van der Waals surface area contributed by atoms with Crippen molar-refractivity contribution >= 4 is 48.7 Å². The number of halogens is 2. The SMILES string of the molecule is CCC[As](CCO)CCCOc1ccc2c(Nc3cnn(CC(=O)Nc4cccc(F)c4F)c3)ncnc2c1. The number of anilines is 3. The van der Waals surface area contributed by atoms with Gasteiger partial charge in [0.15, 0.2) is 11.6 Å². The van der Waals surface area contributed by atoms with Crippen molar-refractivity contribution in [1.82, 2.24) is 19.7 Å². The first-order valence-electron chi connectivity index (χ1n) is 12.7. The molecule has 4 aromatic rings. The number of hydrogen-bond acceptors (Lipinski definition) is 7. The third-order valence-electron chi connectivity index (χ3n) is 5.88. The van der Waals surface area contributed by atoms with E-state index in [1.165, 1.54) is 46.2 Å². The topological polar surface area (TPSA) is 114 Å². The molecule has 12 heteroatoms. The van der Waals surface area contributed by atoms with Crippen LogP contribution in [0.2, 0.25) is 15.6 Å². The summed E-state index contributed by atoms with van der Waals surface area (Å²) >= 11 is -0.955. The van der Waals surface area contributed by atoms with Crippen molar-refractivity contribution in [3.8, 4) is 5.75 Å². The molecule has 39 heavy (non-hydrogen) atoms. The number of benzene rings is 2. The van der Waals surface area contributed by atoms with Gasteiger partial charge in [-0.25, -0.2) is 8.78 Å². The molecule has 9 nitrogen and oxygen atoms in total. The third kappa shape index (κ3) is 7.97.